The van der Waals surface area contributed by atoms with Gasteiger partial charge in [-0.1, -0.05) is 139 Å². The Morgan fingerprint density at radius 3 is 1.51 bits per heavy atom. The first-order valence-corrected chi connectivity index (χ1v) is 16.3. The number of hydrogen-bond donors (Lipinski definition) is 0. The third-order valence-electron chi connectivity index (χ3n) is 5.75. The van der Waals surface area contributed by atoms with Crippen molar-refractivity contribution in [1.29, 1.82) is 0 Å². The van der Waals surface area contributed by atoms with Gasteiger partial charge in [0.2, 0.25) is 0 Å². The molecule has 3 nitrogen and oxygen atoms in total. The van der Waals surface area contributed by atoms with E-state index in [0.717, 1.165) is 22.9 Å². The lowest BCUT2D eigenvalue weighted by Gasteiger charge is -2.05. The molecule has 3 aromatic carbocycles. The summed E-state index contributed by atoms with van der Waals surface area (Å²) in [4.78, 5) is 0.238. The summed E-state index contributed by atoms with van der Waals surface area (Å²) in [5.74, 6) is 0. The third kappa shape index (κ3) is 14.3. The summed E-state index contributed by atoms with van der Waals surface area (Å²) in [5, 5.41) is 4.11. The minimum Gasteiger partial charge on any atom is -0.266 e. The third-order valence-corrected chi connectivity index (χ3v) is 8.82. The highest BCUT2D eigenvalue weighted by atomic mass is 35.5. The van der Waals surface area contributed by atoms with Crippen LogP contribution >= 0.6 is 31.8 Å². The van der Waals surface area contributed by atoms with Crippen molar-refractivity contribution < 1.29 is 12.6 Å². The van der Waals surface area contributed by atoms with Crippen molar-refractivity contribution in [2.75, 3.05) is 6.61 Å². The van der Waals surface area contributed by atoms with E-state index in [4.69, 9.17) is 27.4 Å². The second kappa shape index (κ2) is 18.8. The molecule has 0 saturated carbocycles. The van der Waals surface area contributed by atoms with E-state index in [9.17, 15) is 8.42 Å². The molecular weight excluding hydrogens is 542 g/mol. The maximum absolute atomic E-state index is 11.9. The summed E-state index contributed by atoms with van der Waals surface area (Å²) in [7, 11) is -2.92. The van der Waals surface area contributed by atoms with E-state index in [1.54, 1.807) is 30.3 Å². The summed E-state index contributed by atoms with van der Waals surface area (Å²) >= 11 is 11.6. The van der Waals surface area contributed by atoms with Crippen LogP contribution in [0.4, 0.5) is 0 Å². The zero-order valence-corrected chi connectivity index (χ0v) is 25.0. The van der Waals surface area contributed by atoms with Gasteiger partial charge in [-0.15, -0.1) is 0 Å². The summed E-state index contributed by atoms with van der Waals surface area (Å²) in [6.45, 7) is 2.52. The van der Waals surface area contributed by atoms with E-state index in [-0.39, 0.29) is 11.5 Å². The summed E-state index contributed by atoms with van der Waals surface area (Å²) in [6.07, 6.45) is 12.3. The predicted molar refractivity (Wildman–Crippen MR) is 162 cm³/mol. The number of benzene rings is 3. The monoisotopic (exact) mass is 580 g/mol. The molecule has 3 aromatic rings. The fourth-order valence-electron chi connectivity index (χ4n) is 3.65. The highest BCUT2D eigenvalue weighted by Gasteiger charge is 2.13. The molecule has 3 rings (SSSR count). The van der Waals surface area contributed by atoms with Crippen LogP contribution in [0.1, 0.15) is 71.1 Å². The van der Waals surface area contributed by atoms with Gasteiger partial charge in [0.15, 0.2) is 0 Å². The Balaban J connectivity index is 0.000000278. The van der Waals surface area contributed by atoms with Crippen molar-refractivity contribution in [3.05, 3.63) is 88.9 Å². The van der Waals surface area contributed by atoms with Crippen molar-refractivity contribution in [3.8, 4) is 0 Å². The zero-order chi connectivity index (χ0) is 26.8. The quantitative estimate of drug-likeness (QED) is 0.102. The fraction of sp³-hybridized carbons (Fsp3) is 0.400. The molecule has 0 saturated heterocycles. The Hall–Kier alpha value is -1.42. The Labute approximate surface area is 235 Å². The van der Waals surface area contributed by atoms with Crippen LogP contribution < -0.4 is 10.6 Å². The molecule has 0 radical (unpaired) electrons. The highest BCUT2D eigenvalue weighted by Crippen LogP contribution is 2.16. The molecule has 0 atom stereocenters. The molecule has 0 aliphatic carbocycles. The second-order valence-corrected chi connectivity index (χ2v) is 12.8. The predicted octanol–water partition coefficient (Wildman–Crippen LogP) is 8.94. The smallest absolute Gasteiger partial charge is 0.266 e. The molecule has 202 valence electrons. The molecule has 0 aliphatic heterocycles. The molecule has 7 heteroatoms. The van der Waals surface area contributed by atoms with Gasteiger partial charge in [0.05, 0.1) is 11.5 Å². The molecule has 0 N–H and O–H groups in total. The van der Waals surface area contributed by atoms with E-state index >= 15 is 0 Å². The first-order valence-electron chi connectivity index (χ1n) is 13.1. The average Bonchev–Trinajstić information content (AvgIpc) is 2.91. The van der Waals surface area contributed by atoms with Gasteiger partial charge < -0.3 is 0 Å². The topological polar surface area (TPSA) is 43.4 Å². The van der Waals surface area contributed by atoms with Crippen LogP contribution in [0.5, 0.6) is 0 Å². The molecule has 0 aliphatic rings. The van der Waals surface area contributed by atoms with E-state index in [0.29, 0.717) is 8.58 Å². The summed E-state index contributed by atoms with van der Waals surface area (Å²) in [5.41, 5.74) is 0. The van der Waals surface area contributed by atoms with Gasteiger partial charge in [0.25, 0.3) is 10.1 Å². The van der Waals surface area contributed by atoms with Crippen LogP contribution in [0.3, 0.4) is 0 Å². The van der Waals surface area contributed by atoms with Crippen LogP contribution in [-0.4, -0.2) is 15.0 Å². The van der Waals surface area contributed by atoms with E-state index in [1.807, 2.05) is 24.3 Å². The molecule has 37 heavy (non-hydrogen) atoms. The molecule has 0 bridgehead atoms. The zero-order valence-electron chi connectivity index (χ0n) is 21.7. The molecule has 0 spiro atoms. The minimum absolute atomic E-state index is 0.238. The molecule has 0 unspecified atom stereocenters. The van der Waals surface area contributed by atoms with Gasteiger partial charge in [-0.3, -0.25) is 4.18 Å². The number of halogens is 2. The van der Waals surface area contributed by atoms with Gasteiger partial charge in [-0.05, 0) is 53.4 Å². The highest BCUT2D eigenvalue weighted by molar-refractivity contribution is 7.86. The number of unbranched alkanes of at least 4 members (excludes halogenated alkanes) is 9. The van der Waals surface area contributed by atoms with E-state index in [1.165, 1.54) is 62.0 Å². The Morgan fingerprint density at radius 1 is 0.622 bits per heavy atom. The largest absolute Gasteiger partial charge is 0.296 e. The molecule has 0 fully saturated rings. The van der Waals surface area contributed by atoms with Crippen LogP contribution in [0.25, 0.3) is 0 Å². The Bertz CT molecular complexity index is 1050. The van der Waals surface area contributed by atoms with Gasteiger partial charge in [0.1, 0.15) is 0 Å². The summed E-state index contributed by atoms with van der Waals surface area (Å²) < 4.78 is 28.8. The van der Waals surface area contributed by atoms with Gasteiger partial charge in [-0.25, -0.2) is 0 Å². The van der Waals surface area contributed by atoms with E-state index < -0.39 is 10.1 Å². The first-order chi connectivity index (χ1) is 17.9. The van der Waals surface area contributed by atoms with Gasteiger partial charge in [-0.2, -0.15) is 8.42 Å². The lowest BCUT2D eigenvalue weighted by molar-refractivity contribution is 0.306. The fourth-order valence-corrected chi connectivity index (χ4v) is 5.86. The maximum Gasteiger partial charge on any atom is 0.296 e. The van der Waals surface area contributed by atoms with Gasteiger partial charge in [0, 0.05) is 10.0 Å². The number of rotatable bonds is 15. The second-order valence-electron chi connectivity index (χ2n) is 8.91. The summed E-state index contributed by atoms with van der Waals surface area (Å²) in [6, 6.07) is 24.2. The lowest BCUT2D eigenvalue weighted by atomic mass is 10.1. The SMILES string of the molecule is CCCCCCCCCCCCOS(=O)(=O)c1ccccc1.Clc1ccc(Pc2ccc(Cl)cc2)cc1. The average molecular weight is 582 g/mol. The van der Waals surface area contributed by atoms with Crippen LogP contribution in [-0.2, 0) is 14.3 Å². The van der Waals surface area contributed by atoms with E-state index in [2.05, 4.69) is 31.2 Å². The van der Waals surface area contributed by atoms with Crippen LogP contribution in [0.15, 0.2) is 83.8 Å². The molecular formula is C30H39Cl2O3PS. The maximum atomic E-state index is 11.9. The normalized spacial score (nSPS) is 11.1. The first kappa shape index (κ1) is 31.8. The Morgan fingerprint density at radius 2 is 1.05 bits per heavy atom. The van der Waals surface area contributed by atoms with Crippen molar-refractivity contribution in [2.45, 2.75) is 76.0 Å². The number of hydrogen-bond acceptors (Lipinski definition) is 3. The van der Waals surface area contributed by atoms with Gasteiger partial charge >= 0.3 is 0 Å². The molecule has 0 aromatic heterocycles. The lowest BCUT2D eigenvalue weighted by Crippen LogP contribution is -2.07. The Kier molecular flexibility index (Phi) is 16.1. The van der Waals surface area contributed by atoms with Crippen LogP contribution in [0, 0.1) is 0 Å². The minimum atomic E-state index is -3.57. The van der Waals surface area contributed by atoms with Crippen LogP contribution in [0.2, 0.25) is 10.0 Å². The van der Waals surface area contributed by atoms with Crippen molar-refractivity contribution in [1.82, 2.24) is 0 Å². The van der Waals surface area contributed by atoms with Crippen molar-refractivity contribution in [2.24, 2.45) is 0 Å². The molecule has 0 heterocycles. The van der Waals surface area contributed by atoms with Crippen molar-refractivity contribution in [3.63, 3.8) is 0 Å². The standard InChI is InChI=1S/C18H30O3S.C12H9Cl2P/c1-2-3-4-5-6-7-8-9-10-14-17-21-22(19,20)18-15-12-11-13-16-18;13-9-1-5-11(6-2-9)15-12-7-3-10(14)4-8-12/h11-13,15-16H,2-10,14,17H2,1H3;1-8,15H. The molecule has 0 amide bonds. The van der Waals surface area contributed by atoms with Crippen molar-refractivity contribution >= 4 is 52.5 Å².